The van der Waals surface area contributed by atoms with E-state index in [0.29, 0.717) is 45.8 Å². The quantitative estimate of drug-likeness (QED) is 0.459. The molecule has 0 aliphatic carbocycles. The molecule has 1 aromatic carbocycles. The summed E-state index contributed by atoms with van der Waals surface area (Å²) >= 11 is 1.60. The second-order valence-corrected chi connectivity index (χ2v) is 14.0. The zero-order valence-corrected chi connectivity index (χ0v) is 25.4. The Morgan fingerprint density at radius 1 is 0.952 bits per heavy atom. The van der Waals surface area contributed by atoms with Crippen LogP contribution < -0.4 is 0 Å². The van der Waals surface area contributed by atoms with Gasteiger partial charge in [0.25, 0.3) is 0 Å². The number of aliphatic hydroxyl groups is 1. The van der Waals surface area contributed by atoms with Gasteiger partial charge < -0.3 is 24.5 Å². The highest BCUT2D eigenvalue weighted by Gasteiger charge is 2.74. The Balaban J connectivity index is 1.36. The molecule has 1 spiro atoms. The van der Waals surface area contributed by atoms with Crippen molar-refractivity contribution >= 4 is 29.5 Å². The predicted octanol–water partition coefficient (Wildman–Crippen LogP) is 1.77. The highest BCUT2D eigenvalue weighted by atomic mass is 32.2. The second-order valence-electron chi connectivity index (χ2n) is 12.2. The molecule has 1 unspecified atom stereocenters. The molecule has 226 valence electrons. The lowest BCUT2D eigenvalue weighted by molar-refractivity contribution is -0.147. The van der Waals surface area contributed by atoms with Crippen molar-refractivity contribution in [2.45, 2.75) is 48.4 Å². The van der Waals surface area contributed by atoms with E-state index in [9.17, 15) is 19.5 Å². The predicted molar refractivity (Wildman–Crippen MR) is 161 cm³/mol. The zero-order chi connectivity index (χ0) is 29.5. The third kappa shape index (κ3) is 4.90. The maximum Gasteiger partial charge on any atom is 0.247 e. The van der Waals surface area contributed by atoms with E-state index in [1.807, 2.05) is 66.1 Å². The molecule has 3 amide bonds. The summed E-state index contributed by atoms with van der Waals surface area (Å²) in [6, 6.07) is 8.63. The van der Waals surface area contributed by atoms with Gasteiger partial charge in [0.1, 0.15) is 6.04 Å². The summed E-state index contributed by atoms with van der Waals surface area (Å²) in [5.41, 5.74) is 1.03. The van der Waals surface area contributed by atoms with Crippen molar-refractivity contribution in [2.24, 2.45) is 11.8 Å². The highest BCUT2D eigenvalue weighted by Crippen LogP contribution is 2.65. The molecular weight excluding hydrogens is 552 g/mol. The topological polar surface area (TPSA) is 93.6 Å². The van der Waals surface area contributed by atoms with Crippen molar-refractivity contribution < 1.29 is 24.2 Å². The lowest BCUT2D eigenvalue weighted by atomic mass is 9.74. The normalized spacial score (nSPS) is 33.8. The fourth-order valence-electron chi connectivity index (χ4n) is 7.60. The number of hydrogen-bond acceptors (Lipinski definition) is 7. The van der Waals surface area contributed by atoms with Crippen LogP contribution >= 0.6 is 11.8 Å². The summed E-state index contributed by atoms with van der Waals surface area (Å²) in [6.45, 7) is 9.48. The third-order valence-electron chi connectivity index (χ3n) is 9.74. The van der Waals surface area contributed by atoms with Gasteiger partial charge in [0.05, 0.1) is 42.4 Å². The zero-order valence-electron chi connectivity index (χ0n) is 24.6. The molecule has 3 fully saturated rings. The van der Waals surface area contributed by atoms with Crippen LogP contribution in [0.25, 0.3) is 0 Å². The van der Waals surface area contributed by atoms with Crippen molar-refractivity contribution in [2.75, 3.05) is 59.1 Å². The number of nitrogens with zero attached hydrogens (tertiary/aromatic N) is 4. The fraction of sp³-hybridized carbons (Fsp3) is 0.594. The Kier molecular flexibility index (Phi) is 8.26. The van der Waals surface area contributed by atoms with Crippen LogP contribution in [0.4, 0.5) is 0 Å². The highest BCUT2D eigenvalue weighted by molar-refractivity contribution is 8.02. The first-order valence-electron chi connectivity index (χ1n) is 15.2. The number of amides is 3. The van der Waals surface area contributed by atoms with E-state index in [1.54, 1.807) is 16.7 Å². The molecule has 1 N–H and O–H groups in total. The number of thioether (sulfide) groups is 1. The number of aliphatic hydroxyl groups excluding tert-OH is 1. The van der Waals surface area contributed by atoms with Gasteiger partial charge >= 0.3 is 0 Å². The van der Waals surface area contributed by atoms with Crippen LogP contribution in [0, 0.1) is 11.8 Å². The van der Waals surface area contributed by atoms with Gasteiger partial charge in [-0.25, -0.2) is 0 Å². The lowest BCUT2D eigenvalue weighted by Crippen LogP contribution is -2.57. The molecule has 0 bridgehead atoms. The number of hydrogen-bond donors (Lipinski definition) is 1. The summed E-state index contributed by atoms with van der Waals surface area (Å²) in [5.74, 6) is -1.68. The van der Waals surface area contributed by atoms with Gasteiger partial charge in [-0.15, -0.1) is 11.8 Å². The SMILES string of the molecule is CC[C@@H](CO)N1C(=O)[C@@H]2[C@@H]3C(=O)N(Cc4ccccc4)CC=C[C@]3(C)S[C@@]23C=CCN(CCN2CCOCC2)C(=O)C13. The molecule has 10 heteroatoms. The van der Waals surface area contributed by atoms with E-state index in [0.717, 1.165) is 25.2 Å². The number of benzene rings is 1. The number of rotatable bonds is 8. The molecule has 3 saturated heterocycles. The van der Waals surface area contributed by atoms with Crippen molar-refractivity contribution in [1.29, 1.82) is 0 Å². The summed E-state index contributed by atoms with van der Waals surface area (Å²) in [7, 11) is 0. The number of carbonyl (C=O) groups is 3. The van der Waals surface area contributed by atoms with Gasteiger partial charge in [-0.3, -0.25) is 19.3 Å². The van der Waals surface area contributed by atoms with Crippen molar-refractivity contribution in [3.63, 3.8) is 0 Å². The lowest BCUT2D eigenvalue weighted by Gasteiger charge is -2.40. The molecule has 0 aromatic heterocycles. The average Bonchev–Trinajstić information content (AvgIpc) is 3.28. The first-order chi connectivity index (χ1) is 20.3. The maximum absolute atomic E-state index is 14.6. The Bertz CT molecular complexity index is 1250. The molecule has 5 heterocycles. The largest absolute Gasteiger partial charge is 0.394 e. The van der Waals surface area contributed by atoms with E-state index < -0.39 is 33.4 Å². The summed E-state index contributed by atoms with van der Waals surface area (Å²) in [6.07, 6.45) is 8.74. The molecule has 6 rings (SSSR count). The number of morpholine rings is 1. The Morgan fingerprint density at radius 2 is 1.67 bits per heavy atom. The molecule has 9 nitrogen and oxygen atoms in total. The smallest absolute Gasteiger partial charge is 0.247 e. The maximum atomic E-state index is 14.6. The molecule has 5 aliphatic rings. The van der Waals surface area contributed by atoms with E-state index >= 15 is 0 Å². The van der Waals surface area contributed by atoms with Crippen LogP contribution in [-0.2, 0) is 25.7 Å². The second kappa shape index (κ2) is 11.8. The van der Waals surface area contributed by atoms with E-state index in [1.165, 1.54) is 0 Å². The van der Waals surface area contributed by atoms with Crippen LogP contribution in [0.2, 0.25) is 0 Å². The molecular formula is C32H42N4O5S. The van der Waals surface area contributed by atoms with Crippen molar-refractivity contribution in [1.82, 2.24) is 19.6 Å². The molecule has 0 saturated carbocycles. The molecule has 0 radical (unpaired) electrons. The third-order valence-corrected chi connectivity index (χ3v) is 11.5. The van der Waals surface area contributed by atoms with E-state index in [-0.39, 0.29) is 24.3 Å². The standard InChI is InChI=1S/C32H42N4O5S/c1-3-24(22-37)36-27-30(40)34(16-15-33-17-19-41-20-18-33)13-8-12-32(27)26(29(36)39)25-28(38)35(14-7-11-31(25,2)42-32)21-23-9-5-4-6-10-23/h4-12,24-27,37H,3,13-22H2,1-2H3/t24-,25+,26-,27?,31-,32-/m0/s1. The van der Waals surface area contributed by atoms with Crippen molar-refractivity contribution in [3.05, 3.63) is 60.2 Å². The number of likely N-dealkylation sites (tertiary alicyclic amines) is 1. The minimum atomic E-state index is -0.903. The van der Waals surface area contributed by atoms with Gasteiger partial charge in [-0.1, -0.05) is 61.6 Å². The van der Waals surface area contributed by atoms with Gasteiger partial charge in [0.2, 0.25) is 17.7 Å². The minimum absolute atomic E-state index is 0.0546. The molecule has 42 heavy (non-hydrogen) atoms. The van der Waals surface area contributed by atoms with Crippen LogP contribution in [0.15, 0.2) is 54.6 Å². The van der Waals surface area contributed by atoms with E-state index in [4.69, 9.17) is 4.74 Å². The molecule has 5 aliphatic heterocycles. The number of ether oxygens (including phenoxy) is 1. The molecule has 1 aromatic rings. The Morgan fingerprint density at radius 3 is 2.38 bits per heavy atom. The Labute approximate surface area is 252 Å². The Hall–Kier alpha value is -2.66. The summed E-state index contributed by atoms with van der Waals surface area (Å²) < 4.78 is 3.93. The van der Waals surface area contributed by atoms with E-state index in [2.05, 4.69) is 17.1 Å². The minimum Gasteiger partial charge on any atom is -0.394 e. The van der Waals surface area contributed by atoms with Crippen LogP contribution in [0.3, 0.4) is 0 Å². The van der Waals surface area contributed by atoms with Crippen LogP contribution in [0.1, 0.15) is 25.8 Å². The molecule has 6 atom stereocenters. The van der Waals surface area contributed by atoms with Gasteiger partial charge in [-0.2, -0.15) is 0 Å². The summed E-state index contributed by atoms with van der Waals surface area (Å²) in [5, 5.41) is 10.4. The first-order valence-corrected chi connectivity index (χ1v) is 16.0. The monoisotopic (exact) mass is 594 g/mol. The van der Waals surface area contributed by atoms with Crippen LogP contribution in [-0.4, -0.2) is 123 Å². The van der Waals surface area contributed by atoms with Crippen molar-refractivity contribution in [3.8, 4) is 0 Å². The summed E-state index contributed by atoms with van der Waals surface area (Å²) in [4.78, 5) is 51.2. The van der Waals surface area contributed by atoms with Gasteiger partial charge in [-0.05, 0) is 18.9 Å². The first kappa shape index (κ1) is 29.4. The number of carbonyl (C=O) groups excluding carboxylic acids is 3. The van der Waals surface area contributed by atoms with Gasteiger partial charge in [0, 0.05) is 50.6 Å². The fourth-order valence-corrected chi connectivity index (χ4v) is 9.74. The van der Waals surface area contributed by atoms with Gasteiger partial charge in [0.15, 0.2) is 0 Å². The van der Waals surface area contributed by atoms with Crippen LogP contribution in [0.5, 0.6) is 0 Å². The average molecular weight is 595 g/mol. The number of fused-ring (bicyclic) bond motifs is 2.